The molecular formula is C13H10N2O4. The van der Waals surface area contributed by atoms with Gasteiger partial charge in [0.05, 0.1) is 23.2 Å². The van der Waals surface area contributed by atoms with E-state index in [0.717, 1.165) is 0 Å². The van der Waals surface area contributed by atoms with Crippen LogP contribution < -0.4 is 0 Å². The van der Waals surface area contributed by atoms with E-state index in [1.807, 2.05) is 0 Å². The lowest BCUT2D eigenvalue weighted by molar-refractivity contribution is -0.384. The van der Waals surface area contributed by atoms with Gasteiger partial charge in [0.15, 0.2) is 0 Å². The Morgan fingerprint density at radius 3 is 2.68 bits per heavy atom. The molecule has 0 fully saturated rings. The molecule has 19 heavy (non-hydrogen) atoms. The van der Waals surface area contributed by atoms with Gasteiger partial charge < -0.3 is 4.74 Å². The van der Waals surface area contributed by atoms with E-state index in [2.05, 4.69) is 9.72 Å². The van der Waals surface area contributed by atoms with Crippen LogP contribution >= 0.6 is 0 Å². The molecule has 0 saturated carbocycles. The van der Waals surface area contributed by atoms with E-state index >= 15 is 0 Å². The van der Waals surface area contributed by atoms with Crippen molar-refractivity contribution in [3.8, 4) is 11.1 Å². The van der Waals surface area contributed by atoms with Gasteiger partial charge in [-0.05, 0) is 12.1 Å². The third-order valence-electron chi connectivity index (χ3n) is 2.59. The number of nitrogens with zero attached hydrogens (tertiary/aromatic N) is 2. The fourth-order valence-corrected chi connectivity index (χ4v) is 1.79. The number of nitro groups is 1. The Labute approximate surface area is 108 Å². The number of methoxy groups -OCH3 is 1. The number of rotatable bonds is 3. The summed E-state index contributed by atoms with van der Waals surface area (Å²) in [5.74, 6) is -0.623. The van der Waals surface area contributed by atoms with Crippen LogP contribution in [0.1, 0.15) is 10.4 Å². The van der Waals surface area contributed by atoms with E-state index in [1.54, 1.807) is 18.3 Å². The van der Waals surface area contributed by atoms with Crippen molar-refractivity contribution in [2.24, 2.45) is 0 Å². The fraction of sp³-hybridized carbons (Fsp3) is 0.0769. The Hall–Kier alpha value is -2.76. The van der Waals surface area contributed by atoms with Crippen molar-refractivity contribution in [2.45, 2.75) is 0 Å². The zero-order valence-electron chi connectivity index (χ0n) is 10.1. The van der Waals surface area contributed by atoms with Gasteiger partial charge in [-0.15, -0.1) is 0 Å². The number of ether oxygens (including phenoxy) is 1. The molecule has 0 bridgehead atoms. The van der Waals surface area contributed by atoms with E-state index in [4.69, 9.17) is 0 Å². The molecule has 1 heterocycles. The van der Waals surface area contributed by atoms with Crippen molar-refractivity contribution >= 4 is 11.7 Å². The smallest absolute Gasteiger partial charge is 0.338 e. The summed E-state index contributed by atoms with van der Waals surface area (Å²) in [7, 11) is 1.23. The summed E-state index contributed by atoms with van der Waals surface area (Å²) in [5, 5.41) is 11.1. The maximum absolute atomic E-state index is 11.7. The molecule has 0 aliphatic heterocycles. The number of esters is 1. The quantitative estimate of drug-likeness (QED) is 0.479. The number of benzene rings is 1. The molecular weight excluding hydrogens is 248 g/mol. The summed E-state index contributed by atoms with van der Waals surface area (Å²) < 4.78 is 4.65. The van der Waals surface area contributed by atoms with Crippen LogP contribution in [0.5, 0.6) is 0 Å². The van der Waals surface area contributed by atoms with Crippen LogP contribution in [0.2, 0.25) is 0 Å². The van der Waals surface area contributed by atoms with Gasteiger partial charge in [0, 0.05) is 24.0 Å². The van der Waals surface area contributed by atoms with Crippen molar-refractivity contribution < 1.29 is 14.5 Å². The summed E-state index contributed by atoms with van der Waals surface area (Å²) >= 11 is 0. The molecule has 2 aromatic rings. The molecule has 0 unspecified atom stereocenters. The van der Waals surface area contributed by atoms with Gasteiger partial charge in [-0.3, -0.25) is 15.1 Å². The minimum Gasteiger partial charge on any atom is -0.465 e. The molecule has 6 heteroatoms. The second kappa shape index (κ2) is 5.26. The number of hydrogen-bond donors (Lipinski definition) is 0. The normalized spacial score (nSPS) is 9.95. The molecule has 0 spiro atoms. The van der Waals surface area contributed by atoms with Crippen molar-refractivity contribution in [1.82, 2.24) is 4.98 Å². The highest BCUT2D eigenvalue weighted by Gasteiger charge is 2.23. The Morgan fingerprint density at radius 1 is 1.32 bits per heavy atom. The van der Waals surface area contributed by atoms with Crippen LogP contribution in [0, 0.1) is 10.1 Å². The van der Waals surface area contributed by atoms with Crippen molar-refractivity contribution in [3.05, 3.63) is 58.4 Å². The number of aromatic nitrogens is 1. The predicted molar refractivity (Wildman–Crippen MR) is 67.7 cm³/mol. The van der Waals surface area contributed by atoms with Gasteiger partial charge in [-0.2, -0.15) is 0 Å². The first-order valence-electron chi connectivity index (χ1n) is 5.41. The molecule has 0 atom stereocenters. The first-order valence-corrected chi connectivity index (χ1v) is 5.41. The minimum absolute atomic E-state index is 0.143. The van der Waals surface area contributed by atoms with E-state index in [0.29, 0.717) is 5.56 Å². The Bertz CT molecular complexity index is 626. The molecule has 6 nitrogen and oxygen atoms in total. The summed E-state index contributed by atoms with van der Waals surface area (Å²) in [6.45, 7) is 0. The maximum atomic E-state index is 11.7. The van der Waals surface area contributed by atoms with Crippen LogP contribution in [0.4, 0.5) is 5.69 Å². The average molecular weight is 258 g/mol. The first kappa shape index (κ1) is 12.7. The second-order valence-corrected chi connectivity index (χ2v) is 3.69. The minimum atomic E-state index is -0.623. The predicted octanol–water partition coefficient (Wildman–Crippen LogP) is 2.44. The highest BCUT2D eigenvalue weighted by Crippen LogP contribution is 2.33. The highest BCUT2D eigenvalue weighted by molar-refractivity contribution is 5.99. The van der Waals surface area contributed by atoms with Gasteiger partial charge in [0.25, 0.3) is 5.69 Å². The number of carbonyl (C=O) groups excluding carboxylic acids is 1. The number of carbonyl (C=O) groups is 1. The maximum Gasteiger partial charge on any atom is 0.338 e. The first-order chi connectivity index (χ1) is 9.15. The molecule has 0 aliphatic carbocycles. The topological polar surface area (TPSA) is 82.3 Å². The molecule has 0 N–H and O–H groups in total. The molecule has 1 aromatic heterocycles. The van der Waals surface area contributed by atoms with Gasteiger partial charge in [0.2, 0.25) is 0 Å². The van der Waals surface area contributed by atoms with Crippen molar-refractivity contribution in [3.63, 3.8) is 0 Å². The van der Waals surface area contributed by atoms with Gasteiger partial charge in [-0.1, -0.05) is 12.1 Å². The summed E-state index contributed by atoms with van der Waals surface area (Å²) in [6, 6.07) is 7.58. The summed E-state index contributed by atoms with van der Waals surface area (Å²) in [6.07, 6.45) is 3.02. The number of hydrogen-bond acceptors (Lipinski definition) is 5. The van der Waals surface area contributed by atoms with Crippen LogP contribution in [0.25, 0.3) is 11.1 Å². The lowest BCUT2D eigenvalue weighted by Gasteiger charge is -2.08. The largest absolute Gasteiger partial charge is 0.465 e. The molecule has 0 aliphatic rings. The second-order valence-electron chi connectivity index (χ2n) is 3.69. The SMILES string of the molecule is COC(=O)c1cccc([N+](=O)[O-])c1-c1cccnc1. The molecule has 96 valence electrons. The Morgan fingerprint density at radius 2 is 2.11 bits per heavy atom. The third kappa shape index (κ3) is 2.42. The monoisotopic (exact) mass is 258 g/mol. The van der Waals surface area contributed by atoms with Crippen LogP contribution in [-0.2, 0) is 4.74 Å². The zero-order chi connectivity index (χ0) is 13.8. The van der Waals surface area contributed by atoms with E-state index in [9.17, 15) is 14.9 Å². The van der Waals surface area contributed by atoms with Crippen molar-refractivity contribution in [1.29, 1.82) is 0 Å². The van der Waals surface area contributed by atoms with E-state index in [1.165, 1.54) is 31.5 Å². The van der Waals surface area contributed by atoms with Gasteiger partial charge in [-0.25, -0.2) is 4.79 Å². The molecule has 1 aromatic carbocycles. The summed E-state index contributed by atoms with van der Waals surface area (Å²) in [4.78, 5) is 26.2. The molecule has 2 rings (SSSR count). The molecule has 0 radical (unpaired) electrons. The standard InChI is InChI=1S/C13H10N2O4/c1-19-13(16)10-5-2-6-11(15(17)18)12(10)9-4-3-7-14-8-9/h2-8H,1H3. The van der Waals surface area contributed by atoms with Crippen LogP contribution in [0.15, 0.2) is 42.7 Å². The lowest BCUT2D eigenvalue weighted by atomic mass is 9.99. The summed E-state index contributed by atoms with van der Waals surface area (Å²) in [5.41, 5.74) is 0.697. The average Bonchev–Trinajstić information content (AvgIpc) is 2.46. The zero-order valence-corrected chi connectivity index (χ0v) is 10.1. The van der Waals surface area contributed by atoms with Gasteiger partial charge in [0.1, 0.15) is 0 Å². The van der Waals surface area contributed by atoms with Crippen LogP contribution in [-0.4, -0.2) is 23.0 Å². The Kier molecular flexibility index (Phi) is 3.51. The Balaban J connectivity index is 2.74. The lowest BCUT2D eigenvalue weighted by Crippen LogP contribution is -2.05. The van der Waals surface area contributed by atoms with Gasteiger partial charge >= 0.3 is 5.97 Å². The highest BCUT2D eigenvalue weighted by atomic mass is 16.6. The number of pyridine rings is 1. The molecule has 0 amide bonds. The van der Waals surface area contributed by atoms with Crippen LogP contribution in [0.3, 0.4) is 0 Å². The van der Waals surface area contributed by atoms with E-state index < -0.39 is 10.9 Å². The fourth-order valence-electron chi connectivity index (χ4n) is 1.79. The van der Waals surface area contributed by atoms with Crippen molar-refractivity contribution in [2.75, 3.05) is 7.11 Å². The third-order valence-corrected chi connectivity index (χ3v) is 2.59. The molecule has 0 saturated heterocycles. The van der Waals surface area contributed by atoms with E-state index in [-0.39, 0.29) is 16.8 Å². The number of nitro benzene ring substituents is 1.